The highest BCUT2D eigenvalue weighted by Gasteiger charge is 2.28. The lowest BCUT2D eigenvalue weighted by Gasteiger charge is -2.35. The van der Waals surface area contributed by atoms with Crippen LogP contribution in [0.2, 0.25) is 5.02 Å². The number of halogens is 1. The summed E-state index contributed by atoms with van der Waals surface area (Å²) in [5.74, 6) is 0.354. The fourth-order valence-corrected chi connectivity index (χ4v) is 2.84. The van der Waals surface area contributed by atoms with Crippen LogP contribution >= 0.6 is 11.6 Å². The van der Waals surface area contributed by atoms with Crippen LogP contribution in [-0.4, -0.2) is 50.8 Å². The molecule has 1 amide bonds. The van der Waals surface area contributed by atoms with Crippen LogP contribution in [0.4, 0.5) is 0 Å². The van der Waals surface area contributed by atoms with Crippen LogP contribution < -0.4 is 0 Å². The van der Waals surface area contributed by atoms with Gasteiger partial charge in [-0.1, -0.05) is 18.2 Å². The van der Waals surface area contributed by atoms with Crippen LogP contribution in [0.25, 0.3) is 11.4 Å². The van der Waals surface area contributed by atoms with E-state index in [0.29, 0.717) is 30.6 Å². The molecule has 2 aromatic rings. The molecule has 1 atom stereocenters. The number of aromatic nitrogens is 4. The molecule has 8 heteroatoms. The molecular weight excluding hydrogens is 318 g/mol. The number of amides is 1. The average molecular weight is 334 g/mol. The van der Waals surface area contributed by atoms with Crippen LogP contribution in [0.1, 0.15) is 11.6 Å². The van der Waals surface area contributed by atoms with E-state index < -0.39 is 0 Å². The minimum absolute atomic E-state index is 0.127. The van der Waals surface area contributed by atoms with Crippen molar-refractivity contribution in [2.45, 2.75) is 6.04 Å². The summed E-state index contributed by atoms with van der Waals surface area (Å²) in [5, 5.41) is 12.6. The fraction of sp³-hybridized carbons (Fsp3) is 0.333. The number of ether oxygens (including phenoxy) is 1. The van der Waals surface area contributed by atoms with Crippen LogP contribution in [0, 0.1) is 0 Å². The van der Waals surface area contributed by atoms with Crippen molar-refractivity contribution in [2.75, 3.05) is 19.8 Å². The summed E-state index contributed by atoms with van der Waals surface area (Å²) in [6.07, 6.45) is 1.31. The van der Waals surface area contributed by atoms with Gasteiger partial charge in [0, 0.05) is 17.1 Å². The van der Waals surface area contributed by atoms with Crippen molar-refractivity contribution >= 4 is 17.5 Å². The number of hydrogen-bond acceptors (Lipinski definition) is 5. The van der Waals surface area contributed by atoms with Gasteiger partial charge in [0.15, 0.2) is 0 Å². The molecule has 1 aliphatic heterocycles. The number of aryl methyl sites for hydroxylation is 1. The molecule has 0 radical (unpaired) electrons. The zero-order valence-electron chi connectivity index (χ0n) is 12.6. The Kier molecular flexibility index (Phi) is 4.40. The molecule has 1 aromatic heterocycles. The Hall–Kier alpha value is -2.25. The number of carbonyl (C=O) groups excluding carboxylic acids is 1. The normalized spacial score (nSPS) is 18.0. The summed E-state index contributed by atoms with van der Waals surface area (Å²) < 4.78 is 5.53. The van der Waals surface area contributed by atoms with E-state index in [2.05, 4.69) is 22.0 Å². The summed E-state index contributed by atoms with van der Waals surface area (Å²) >= 11 is 6.24. The standard InChI is InChI=1S/C15H16ClN5O2/c1-3-14(22)21-4-5-23-9-13(21)10-6-11(8-12(16)7-10)15-17-19-20(2)18-15/h3,6-8,13H,1,4-5,9H2,2H3/t13-/m0/s1. The Labute approximate surface area is 138 Å². The Balaban J connectivity index is 1.99. The van der Waals surface area contributed by atoms with Gasteiger partial charge < -0.3 is 9.64 Å². The van der Waals surface area contributed by atoms with E-state index >= 15 is 0 Å². The predicted octanol–water partition coefficient (Wildman–Crippen LogP) is 1.62. The number of nitrogens with zero attached hydrogens (tertiary/aromatic N) is 5. The maximum atomic E-state index is 12.1. The number of tetrazole rings is 1. The van der Waals surface area contributed by atoms with Gasteiger partial charge >= 0.3 is 0 Å². The largest absolute Gasteiger partial charge is 0.377 e. The second kappa shape index (κ2) is 6.47. The van der Waals surface area contributed by atoms with Crippen molar-refractivity contribution in [3.05, 3.63) is 41.4 Å². The Morgan fingerprint density at radius 1 is 1.48 bits per heavy atom. The lowest BCUT2D eigenvalue weighted by atomic mass is 10.0. The van der Waals surface area contributed by atoms with E-state index in [1.807, 2.05) is 12.1 Å². The Morgan fingerprint density at radius 3 is 3.00 bits per heavy atom. The van der Waals surface area contributed by atoms with E-state index in [-0.39, 0.29) is 11.9 Å². The van der Waals surface area contributed by atoms with Crippen LogP contribution in [0.15, 0.2) is 30.9 Å². The van der Waals surface area contributed by atoms with Crippen molar-refractivity contribution in [3.63, 3.8) is 0 Å². The van der Waals surface area contributed by atoms with Gasteiger partial charge in [-0.05, 0) is 35.1 Å². The molecule has 1 saturated heterocycles. The third kappa shape index (κ3) is 3.25. The zero-order chi connectivity index (χ0) is 16.4. The van der Waals surface area contributed by atoms with Crippen molar-refractivity contribution in [3.8, 4) is 11.4 Å². The average Bonchev–Trinajstić information content (AvgIpc) is 3.00. The zero-order valence-corrected chi connectivity index (χ0v) is 13.4. The molecule has 7 nitrogen and oxygen atoms in total. The number of hydrogen-bond donors (Lipinski definition) is 0. The summed E-state index contributed by atoms with van der Waals surface area (Å²) in [5.41, 5.74) is 1.62. The lowest BCUT2D eigenvalue weighted by molar-refractivity contribution is -0.134. The van der Waals surface area contributed by atoms with E-state index in [9.17, 15) is 4.79 Å². The minimum Gasteiger partial charge on any atom is -0.377 e. The Morgan fingerprint density at radius 2 is 2.30 bits per heavy atom. The molecule has 1 fully saturated rings. The summed E-state index contributed by atoms with van der Waals surface area (Å²) in [7, 11) is 1.70. The monoisotopic (exact) mass is 333 g/mol. The van der Waals surface area contributed by atoms with Crippen molar-refractivity contribution in [2.24, 2.45) is 7.05 Å². The minimum atomic E-state index is -0.219. The molecule has 0 N–H and O–H groups in total. The molecule has 0 unspecified atom stereocenters. The molecule has 120 valence electrons. The Bertz CT molecular complexity index is 745. The molecule has 3 rings (SSSR count). The molecule has 1 aliphatic rings. The van der Waals surface area contributed by atoms with Crippen LogP contribution in [-0.2, 0) is 16.6 Å². The summed E-state index contributed by atoms with van der Waals surface area (Å²) in [6.45, 7) is 4.99. The SMILES string of the molecule is C=CC(=O)N1CCOC[C@H]1c1cc(Cl)cc(-c2nnn(C)n2)c1. The first-order chi connectivity index (χ1) is 11.1. The number of benzene rings is 1. The number of carbonyl (C=O) groups is 1. The lowest BCUT2D eigenvalue weighted by Crippen LogP contribution is -2.42. The van der Waals surface area contributed by atoms with Gasteiger partial charge in [-0.2, -0.15) is 4.80 Å². The van der Waals surface area contributed by atoms with Crippen molar-refractivity contribution in [1.82, 2.24) is 25.1 Å². The molecular formula is C15H16ClN5O2. The van der Waals surface area contributed by atoms with Crippen molar-refractivity contribution in [1.29, 1.82) is 0 Å². The topological polar surface area (TPSA) is 73.1 Å². The molecule has 0 saturated carbocycles. The second-order valence-corrected chi connectivity index (χ2v) is 5.64. The first kappa shape index (κ1) is 15.6. The van der Waals surface area contributed by atoms with Gasteiger partial charge in [-0.15, -0.1) is 10.2 Å². The summed E-state index contributed by atoms with van der Waals surface area (Å²) in [4.78, 5) is 15.2. The third-order valence-electron chi connectivity index (χ3n) is 3.66. The highest BCUT2D eigenvalue weighted by Crippen LogP contribution is 2.30. The highest BCUT2D eigenvalue weighted by atomic mass is 35.5. The first-order valence-corrected chi connectivity index (χ1v) is 7.52. The van der Waals surface area contributed by atoms with Crippen LogP contribution in [0.3, 0.4) is 0 Å². The third-order valence-corrected chi connectivity index (χ3v) is 3.88. The first-order valence-electron chi connectivity index (χ1n) is 7.14. The molecule has 23 heavy (non-hydrogen) atoms. The van der Waals surface area contributed by atoms with E-state index in [4.69, 9.17) is 16.3 Å². The molecule has 0 spiro atoms. The molecule has 0 bridgehead atoms. The quantitative estimate of drug-likeness (QED) is 0.798. The molecule has 1 aromatic carbocycles. The molecule has 0 aliphatic carbocycles. The highest BCUT2D eigenvalue weighted by molar-refractivity contribution is 6.30. The second-order valence-electron chi connectivity index (χ2n) is 5.20. The number of rotatable bonds is 3. The van der Waals surface area contributed by atoms with Gasteiger partial charge in [0.25, 0.3) is 0 Å². The van der Waals surface area contributed by atoms with E-state index in [0.717, 1.165) is 11.1 Å². The van der Waals surface area contributed by atoms with E-state index in [1.165, 1.54) is 10.9 Å². The van der Waals surface area contributed by atoms with Crippen LogP contribution in [0.5, 0.6) is 0 Å². The van der Waals surface area contributed by atoms with Gasteiger partial charge in [0.05, 0.1) is 26.3 Å². The summed E-state index contributed by atoms with van der Waals surface area (Å²) in [6, 6.07) is 5.28. The number of morpholine rings is 1. The fourth-order valence-electron chi connectivity index (χ4n) is 2.59. The van der Waals surface area contributed by atoms with Gasteiger partial charge in [0.2, 0.25) is 11.7 Å². The molecule has 2 heterocycles. The van der Waals surface area contributed by atoms with Crippen molar-refractivity contribution < 1.29 is 9.53 Å². The van der Waals surface area contributed by atoms with Gasteiger partial charge in [0.1, 0.15) is 0 Å². The maximum Gasteiger partial charge on any atom is 0.246 e. The smallest absolute Gasteiger partial charge is 0.246 e. The maximum absolute atomic E-state index is 12.1. The van der Waals surface area contributed by atoms with Gasteiger partial charge in [-0.25, -0.2) is 0 Å². The van der Waals surface area contributed by atoms with Gasteiger partial charge in [-0.3, -0.25) is 4.79 Å². The predicted molar refractivity (Wildman–Crippen MR) is 84.7 cm³/mol. The van der Waals surface area contributed by atoms with E-state index in [1.54, 1.807) is 18.0 Å².